The van der Waals surface area contributed by atoms with Crippen molar-refractivity contribution in [1.29, 1.82) is 0 Å². The number of benzene rings is 2. The Morgan fingerprint density at radius 1 is 1.03 bits per heavy atom. The summed E-state index contributed by atoms with van der Waals surface area (Å²) in [5.74, 6) is -0.475. The van der Waals surface area contributed by atoms with Gasteiger partial charge in [-0.25, -0.2) is 9.36 Å². The Labute approximate surface area is 174 Å². The second-order valence-electron chi connectivity index (χ2n) is 6.39. The van der Waals surface area contributed by atoms with Gasteiger partial charge in [-0.15, -0.1) is 0 Å². The summed E-state index contributed by atoms with van der Waals surface area (Å²) >= 11 is 11.8. The summed E-state index contributed by atoms with van der Waals surface area (Å²) in [6.07, 6.45) is 1.49. The van der Waals surface area contributed by atoms with E-state index >= 15 is 0 Å². The predicted octanol–water partition coefficient (Wildman–Crippen LogP) is 3.58. The van der Waals surface area contributed by atoms with Crippen LogP contribution in [0.15, 0.2) is 64.3 Å². The number of nitrogens with zero attached hydrogens (tertiary/aromatic N) is 2. The van der Waals surface area contributed by atoms with E-state index < -0.39 is 17.2 Å². The number of aryl methyl sites for hydroxylation is 1. The smallest absolute Gasteiger partial charge is 0.333 e. The highest BCUT2D eigenvalue weighted by Gasteiger charge is 2.20. The van der Waals surface area contributed by atoms with E-state index in [0.29, 0.717) is 21.4 Å². The second-order valence-corrected chi connectivity index (χ2v) is 7.26. The Bertz CT molecular complexity index is 1370. The third-order valence-corrected chi connectivity index (χ3v) is 4.92. The SMILES string of the molecule is Cn1cc(C(=O)Nc2cccc(Cl)c2)c2[nH]c(=O)n(-c3ccc(Cl)cc3)c(=O)c21. The fraction of sp³-hybridized carbons (Fsp3) is 0.0500. The molecule has 0 unspecified atom stereocenters. The van der Waals surface area contributed by atoms with Gasteiger partial charge in [-0.2, -0.15) is 0 Å². The van der Waals surface area contributed by atoms with Crippen LogP contribution >= 0.6 is 23.2 Å². The van der Waals surface area contributed by atoms with E-state index in [2.05, 4.69) is 10.3 Å². The van der Waals surface area contributed by atoms with Crippen molar-refractivity contribution in [3.8, 4) is 5.69 Å². The summed E-state index contributed by atoms with van der Waals surface area (Å²) in [7, 11) is 1.63. The van der Waals surface area contributed by atoms with Gasteiger partial charge in [0.15, 0.2) is 0 Å². The molecule has 0 spiro atoms. The van der Waals surface area contributed by atoms with Gasteiger partial charge >= 0.3 is 5.69 Å². The molecule has 29 heavy (non-hydrogen) atoms. The number of aromatic amines is 1. The Hall–Kier alpha value is -3.29. The first kappa shape index (κ1) is 19.0. The summed E-state index contributed by atoms with van der Waals surface area (Å²) in [6, 6.07) is 13.0. The zero-order chi connectivity index (χ0) is 20.7. The van der Waals surface area contributed by atoms with E-state index in [1.807, 2.05) is 0 Å². The molecule has 0 radical (unpaired) electrons. The molecule has 0 saturated heterocycles. The summed E-state index contributed by atoms with van der Waals surface area (Å²) in [6.45, 7) is 0. The van der Waals surface area contributed by atoms with Crippen molar-refractivity contribution in [2.75, 3.05) is 5.32 Å². The number of rotatable bonds is 3. The van der Waals surface area contributed by atoms with E-state index in [1.165, 1.54) is 10.8 Å². The zero-order valence-electron chi connectivity index (χ0n) is 15.1. The molecule has 1 amide bonds. The van der Waals surface area contributed by atoms with Crippen LogP contribution in [0.4, 0.5) is 5.69 Å². The molecule has 4 aromatic rings. The molecule has 9 heteroatoms. The standard InChI is InChI=1S/C20H14Cl2N4O3/c1-25-10-15(18(27)23-13-4-2-3-12(22)9-13)16-17(25)19(28)26(20(29)24-16)14-7-5-11(21)6-8-14/h2-10H,1H3,(H,23,27)(H,24,29). The van der Waals surface area contributed by atoms with Gasteiger partial charge in [0, 0.05) is 29.0 Å². The first-order chi connectivity index (χ1) is 13.8. The normalized spacial score (nSPS) is 11.0. The second kappa shape index (κ2) is 7.27. The number of fused-ring (bicyclic) bond motifs is 1. The molecule has 2 heterocycles. The van der Waals surface area contributed by atoms with Crippen molar-refractivity contribution in [2.45, 2.75) is 0 Å². The number of aromatic nitrogens is 3. The van der Waals surface area contributed by atoms with Gasteiger partial charge in [-0.3, -0.25) is 9.59 Å². The maximum atomic E-state index is 13.0. The van der Waals surface area contributed by atoms with E-state index in [1.54, 1.807) is 55.6 Å². The van der Waals surface area contributed by atoms with Gasteiger partial charge in [-0.05, 0) is 42.5 Å². The minimum atomic E-state index is -0.659. The maximum Gasteiger partial charge on any atom is 0.333 e. The Kier molecular flexibility index (Phi) is 4.77. The number of hydrogen-bond donors (Lipinski definition) is 2. The lowest BCUT2D eigenvalue weighted by Crippen LogP contribution is -2.34. The molecule has 0 aliphatic rings. The molecule has 146 valence electrons. The van der Waals surface area contributed by atoms with Crippen molar-refractivity contribution in [1.82, 2.24) is 14.1 Å². The third-order valence-electron chi connectivity index (χ3n) is 4.43. The minimum absolute atomic E-state index is 0.159. The van der Waals surface area contributed by atoms with E-state index in [9.17, 15) is 14.4 Å². The van der Waals surface area contributed by atoms with Crippen LogP contribution in [0.1, 0.15) is 10.4 Å². The zero-order valence-corrected chi connectivity index (χ0v) is 16.6. The molecule has 2 aromatic carbocycles. The fourth-order valence-corrected chi connectivity index (χ4v) is 3.45. The van der Waals surface area contributed by atoms with Gasteiger partial charge < -0.3 is 14.9 Å². The van der Waals surface area contributed by atoms with Crippen molar-refractivity contribution >= 4 is 45.8 Å². The van der Waals surface area contributed by atoms with Crippen LogP contribution in [0.3, 0.4) is 0 Å². The summed E-state index contributed by atoms with van der Waals surface area (Å²) in [4.78, 5) is 41.1. The summed E-state index contributed by atoms with van der Waals surface area (Å²) in [5, 5.41) is 3.67. The van der Waals surface area contributed by atoms with E-state index in [4.69, 9.17) is 23.2 Å². The van der Waals surface area contributed by atoms with Crippen LogP contribution in [0, 0.1) is 0 Å². The highest BCUT2D eigenvalue weighted by atomic mass is 35.5. The van der Waals surface area contributed by atoms with Gasteiger partial charge in [0.05, 0.1) is 16.8 Å². The average Bonchev–Trinajstić information content (AvgIpc) is 3.00. The number of carbonyl (C=O) groups is 1. The lowest BCUT2D eigenvalue weighted by molar-refractivity contribution is 0.102. The highest BCUT2D eigenvalue weighted by Crippen LogP contribution is 2.19. The van der Waals surface area contributed by atoms with Crippen LogP contribution in [0.5, 0.6) is 0 Å². The summed E-state index contributed by atoms with van der Waals surface area (Å²) < 4.78 is 2.50. The molecule has 0 fully saturated rings. The predicted molar refractivity (Wildman–Crippen MR) is 114 cm³/mol. The van der Waals surface area contributed by atoms with E-state index in [0.717, 1.165) is 4.57 Å². The number of anilines is 1. The van der Waals surface area contributed by atoms with Crippen LogP contribution < -0.4 is 16.6 Å². The highest BCUT2D eigenvalue weighted by molar-refractivity contribution is 6.31. The molecule has 2 aromatic heterocycles. The Morgan fingerprint density at radius 2 is 1.76 bits per heavy atom. The molecule has 4 rings (SSSR count). The lowest BCUT2D eigenvalue weighted by Gasteiger charge is -2.07. The monoisotopic (exact) mass is 428 g/mol. The number of carbonyl (C=O) groups excluding carboxylic acids is 1. The lowest BCUT2D eigenvalue weighted by atomic mass is 10.2. The fourth-order valence-electron chi connectivity index (χ4n) is 3.13. The van der Waals surface area contributed by atoms with Crippen molar-refractivity contribution in [3.63, 3.8) is 0 Å². The molecule has 0 saturated carbocycles. The molecule has 0 aliphatic carbocycles. The first-order valence-electron chi connectivity index (χ1n) is 8.52. The average molecular weight is 429 g/mol. The van der Waals surface area contributed by atoms with Crippen LogP contribution in [-0.4, -0.2) is 20.0 Å². The largest absolute Gasteiger partial charge is 0.344 e. The molecule has 7 nitrogen and oxygen atoms in total. The Balaban J connectivity index is 1.84. The number of H-pyrrole nitrogens is 1. The molecule has 0 aliphatic heterocycles. The number of halogens is 2. The summed E-state index contributed by atoms with van der Waals surface area (Å²) in [5.41, 5.74) is 0.177. The van der Waals surface area contributed by atoms with Gasteiger partial charge in [0.1, 0.15) is 5.52 Å². The topological polar surface area (TPSA) is 88.9 Å². The molecule has 0 bridgehead atoms. The quantitative estimate of drug-likeness (QED) is 0.522. The number of amides is 1. The molecule has 0 atom stereocenters. The van der Waals surface area contributed by atoms with Gasteiger partial charge in [0.2, 0.25) is 0 Å². The maximum absolute atomic E-state index is 13.0. The van der Waals surface area contributed by atoms with Crippen LogP contribution in [0.25, 0.3) is 16.7 Å². The number of nitrogens with one attached hydrogen (secondary N) is 2. The van der Waals surface area contributed by atoms with Gasteiger partial charge in [0.25, 0.3) is 11.5 Å². The minimum Gasteiger partial charge on any atom is -0.344 e. The van der Waals surface area contributed by atoms with Crippen molar-refractivity contribution < 1.29 is 4.79 Å². The van der Waals surface area contributed by atoms with Crippen molar-refractivity contribution in [2.24, 2.45) is 7.05 Å². The molecular formula is C20H14Cl2N4O3. The Morgan fingerprint density at radius 3 is 2.45 bits per heavy atom. The first-order valence-corrected chi connectivity index (χ1v) is 9.28. The van der Waals surface area contributed by atoms with Crippen LogP contribution in [-0.2, 0) is 7.05 Å². The third kappa shape index (κ3) is 3.46. The van der Waals surface area contributed by atoms with Gasteiger partial charge in [-0.1, -0.05) is 29.3 Å². The van der Waals surface area contributed by atoms with E-state index in [-0.39, 0.29) is 16.6 Å². The van der Waals surface area contributed by atoms with Crippen LogP contribution in [0.2, 0.25) is 10.0 Å². The molecular weight excluding hydrogens is 415 g/mol. The van der Waals surface area contributed by atoms with Crippen molar-refractivity contribution in [3.05, 3.63) is 91.2 Å². The molecule has 2 N–H and O–H groups in total. The number of hydrogen-bond acceptors (Lipinski definition) is 3.